The summed E-state index contributed by atoms with van der Waals surface area (Å²) in [6.45, 7) is 0. The Morgan fingerprint density at radius 2 is 0.676 bits per heavy atom. The van der Waals surface area contributed by atoms with E-state index in [4.69, 9.17) is 4.42 Å². The summed E-state index contributed by atoms with van der Waals surface area (Å²) in [4.78, 5) is 0. The lowest BCUT2D eigenvalue weighted by Crippen LogP contribution is -1.85. The Morgan fingerprint density at radius 3 is 1.24 bits per heavy atom. The summed E-state index contributed by atoms with van der Waals surface area (Å²) in [6.07, 6.45) is 0. The first-order valence-electron chi connectivity index (χ1n) is 12.7. The van der Waals surface area contributed by atoms with Gasteiger partial charge in [-0.05, 0) is 84.9 Å². The molecule has 0 aliphatic rings. The predicted molar refractivity (Wildman–Crippen MR) is 157 cm³/mol. The van der Waals surface area contributed by atoms with Gasteiger partial charge in [0.1, 0.15) is 11.2 Å². The van der Waals surface area contributed by atoms with Crippen molar-refractivity contribution < 1.29 is 4.42 Å². The van der Waals surface area contributed by atoms with Gasteiger partial charge >= 0.3 is 0 Å². The summed E-state index contributed by atoms with van der Waals surface area (Å²) in [7, 11) is 0. The Bertz CT molecular complexity index is 2100. The molecule has 0 saturated carbocycles. The molecule has 1 heteroatoms. The average Bonchev–Trinajstić information content (AvgIpc) is 3.35. The molecular formula is C36H22O. The Labute approximate surface area is 214 Å². The van der Waals surface area contributed by atoms with Crippen LogP contribution in [0.25, 0.3) is 76.5 Å². The topological polar surface area (TPSA) is 13.1 Å². The zero-order valence-electron chi connectivity index (χ0n) is 20.1. The third kappa shape index (κ3) is 3.11. The monoisotopic (exact) mass is 470 g/mol. The summed E-state index contributed by atoms with van der Waals surface area (Å²) in [5.41, 5.74) is 6.65. The van der Waals surface area contributed by atoms with Gasteiger partial charge in [-0.15, -0.1) is 0 Å². The van der Waals surface area contributed by atoms with Crippen LogP contribution in [0.3, 0.4) is 0 Å². The van der Waals surface area contributed by atoms with Crippen molar-refractivity contribution >= 4 is 54.3 Å². The third-order valence-electron chi connectivity index (χ3n) is 7.65. The second kappa shape index (κ2) is 7.81. The van der Waals surface area contributed by atoms with Crippen LogP contribution in [0, 0.1) is 0 Å². The Balaban J connectivity index is 1.35. The van der Waals surface area contributed by atoms with Crippen molar-refractivity contribution in [3.8, 4) is 22.3 Å². The molecule has 37 heavy (non-hydrogen) atoms. The Morgan fingerprint density at radius 1 is 0.270 bits per heavy atom. The molecular weight excluding hydrogens is 448 g/mol. The van der Waals surface area contributed by atoms with Crippen LogP contribution in [0.1, 0.15) is 0 Å². The summed E-state index contributed by atoms with van der Waals surface area (Å²) < 4.78 is 6.21. The highest BCUT2D eigenvalue weighted by Crippen LogP contribution is 2.39. The van der Waals surface area contributed by atoms with Crippen molar-refractivity contribution in [2.24, 2.45) is 0 Å². The minimum Gasteiger partial charge on any atom is -0.456 e. The van der Waals surface area contributed by atoms with Gasteiger partial charge in [0.2, 0.25) is 0 Å². The quantitative estimate of drug-likeness (QED) is 0.229. The molecule has 0 bridgehead atoms. The predicted octanol–water partition coefficient (Wildman–Crippen LogP) is 10.4. The van der Waals surface area contributed by atoms with Crippen LogP contribution < -0.4 is 0 Å². The van der Waals surface area contributed by atoms with E-state index < -0.39 is 0 Å². The SMILES string of the molecule is c1ccc(-c2ccc3oc4ccc(-c5ccc6c7ccccc7c7ccccc7c6c5)cc4c3c2)cc1. The highest BCUT2D eigenvalue weighted by atomic mass is 16.3. The molecule has 1 aromatic heterocycles. The van der Waals surface area contributed by atoms with Crippen LogP contribution in [0.2, 0.25) is 0 Å². The molecule has 0 aliphatic heterocycles. The number of furan rings is 1. The molecule has 8 aromatic rings. The maximum Gasteiger partial charge on any atom is 0.135 e. The van der Waals surface area contributed by atoms with Gasteiger partial charge in [0.25, 0.3) is 0 Å². The van der Waals surface area contributed by atoms with Crippen molar-refractivity contribution in [2.45, 2.75) is 0 Å². The number of rotatable bonds is 2. The van der Waals surface area contributed by atoms with Gasteiger partial charge in [0.05, 0.1) is 0 Å². The van der Waals surface area contributed by atoms with Gasteiger partial charge in [-0.2, -0.15) is 0 Å². The zero-order valence-corrected chi connectivity index (χ0v) is 20.1. The van der Waals surface area contributed by atoms with Gasteiger partial charge in [-0.3, -0.25) is 0 Å². The normalized spacial score (nSPS) is 11.8. The zero-order chi connectivity index (χ0) is 24.3. The second-order valence-electron chi connectivity index (χ2n) is 9.74. The van der Waals surface area contributed by atoms with E-state index in [2.05, 4.69) is 133 Å². The van der Waals surface area contributed by atoms with Crippen LogP contribution in [0.4, 0.5) is 0 Å². The maximum absolute atomic E-state index is 6.21. The smallest absolute Gasteiger partial charge is 0.135 e. The maximum atomic E-state index is 6.21. The molecule has 0 unspecified atom stereocenters. The minimum absolute atomic E-state index is 0.918. The molecule has 0 radical (unpaired) electrons. The first kappa shape index (κ1) is 20.3. The molecule has 0 atom stereocenters. The van der Waals surface area contributed by atoms with Gasteiger partial charge in [0.15, 0.2) is 0 Å². The largest absolute Gasteiger partial charge is 0.456 e. The van der Waals surface area contributed by atoms with E-state index in [1.807, 2.05) is 0 Å². The second-order valence-corrected chi connectivity index (χ2v) is 9.74. The highest BCUT2D eigenvalue weighted by molar-refractivity contribution is 6.25. The van der Waals surface area contributed by atoms with Gasteiger partial charge < -0.3 is 4.42 Å². The van der Waals surface area contributed by atoms with E-state index in [0.29, 0.717) is 0 Å². The van der Waals surface area contributed by atoms with Crippen molar-refractivity contribution in [1.82, 2.24) is 0 Å². The minimum atomic E-state index is 0.918. The fourth-order valence-corrected chi connectivity index (χ4v) is 5.85. The van der Waals surface area contributed by atoms with Crippen LogP contribution in [0.5, 0.6) is 0 Å². The standard InChI is InChI=1S/C36H22O/c1-2-8-23(9-3-1)24-15-18-35-33(21-24)34-22-26(16-19-36(34)37-35)25-14-17-31-29-12-5-4-10-27(29)28-11-6-7-13-30(28)32(31)20-25/h1-22H. The molecule has 0 spiro atoms. The fourth-order valence-electron chi connectivity index (χ4n) is 5.85. The third-order valence-corrected chi connectivity index (χ3v) is 7.65. The summed E-state index contributed by atoms with van der Waals surface area (Å²) in [6, 6.07) is 47.9. The molecule has 7 aromatic carbocycles. The summed E-state index contributed by atoms with van der Waals surface area (Å²) in [5, 5.41) is 10.1. The van der Waals surface area contributed by atoms with Gasteiger partial charge in [0, 0.05) is 10.8 Å². The highest BCUT2D eigenvalue weighted by Gasteiger charge is 2.12. The van der Waals surface area contributed by atoms with E-state index in [0.717, 1.165) is 21.9 Å². The number of benzene rings is 7. The van der Waals surface area contributed by atoms with E-state index in [9.17, 15) is 0 Å². The molecule has 8 rings (SSSR count). The number of hydrogen-bond acceptors (Lipinski definition) is 1. The van der Waals surface area contributed by atoms with Crippen LogP contribution in [-0.4, -0.2) is 0 Å². The molecule has 0 N–H and O–H groups in total. The van der Waals surface area contributed by atoms with Crippen LogP contribution >= 0.6 is 0 Å². The van der Waals surface area contributed by atoms with Crippen LogP contribution in [0.15, 0.2) is 138 Å². The molecule has 172 valence electrons. The fraction of sp³-hybridized carbons (Fsp3) is 0. The molecule has 1 nitrogen and oxygen atoms in total. The summed E-state index contributed by atoms with van der Waals surface area (Å²) in [5.74, 6) is 0. The van der Waals surface area contributed by atoms with Crippen molar-refractivity contribution in [3.63, 3.8) is 0 Å². The first-order valence-corrected chi connectivity index (χ1v) is 12.7. The Hall–Kier alpha value is -4.88. The van der Waals surface area contributed by atoms with Crippen molar-refractivity contribution in [3.05, 3.63) is 133 Å². The van der Waals surface area contributed by atoms with Gasteiger partial charge in [-0.1, -0.05) is 103 Å². The molecule has 0 amide bonds. The summed E-state index contributed by atoms with van der Waals surface area (Å²) >= 11 is 0. The van der Waals surface area contributed by atoms with Crippen molar-refractivity contribution in [1.29, 1.82) is 0 Å². The average molecular weight is 471 g/mol. The lowest BCUT2D eigenvalue weighted by Gasteiger charge is -2.12. The lowest BCUT2D eigenvalue weighted by atomic mass is 9.92. The Kier molecular flexibility index (Phi) is 4.29. The molecule has 0 aliphatic carbocycles. The number of hydrogen-bond donors (Lipinski definition) is 0. The van der Waals surface area contributed by atoms with E-state index >= 15 is 0 Å². The molecule has 1 heterocycles. The molecule has 0 saturated heterocycles. The van der Waals surface area contributed by atoms with E-state index in [-0.39, 0.29) is 0 Å². The molecule has 0 fully saturated rings. The first-order chi connectivity index (χ1) is 18.3. The van der Waals surface area contributed by atoms with Crippen LogP contribution in [-0.2, 0) is 0 Å². The van der Waals surface area contributed by atoms with Gasteiger partial charge in [-0.25, -0.2) is 0 Å². The van der Waals surface area contributed by atoms with E-state index in [1.54, 1.807) is 0 Å². The van der Waals surface area contributed by atoms with E-state index in [1.165, 1.54) is 54.6 Å². The van der Waals surface area contributed by atoms with Crippen molar-refractivity contribution in [2.75, 3.05) is 0 Å². The lowest BCUT2D eigenvalue weighted by molar-refractivity contribution is 0.669. The number of fused-ring (bicyclic) bond motifs is 9.